The summed E-state index contributed by atoms with van der Waals surface area (Å²) in [7, 11) is 0. The SMILES string of the molecule is CCNCCCc1nnc(-c2c(F)ccc(C)c2F)s1. The van der Waals surface area contributed by atoms with E-state index in [-0.39, 0.29) is 5.56 Å². The lowest BCUT2D eigenvalue weighted by molar-refractivity contribution is 0.583. The molecule has 0 aliphatic heterocycles. The zero-order valence-electron chi connectivity index (χ0n) is 11.5. The van der Waals surface area contributed by atoms with E-state index in [9.17, 15) is 8.78 Å². The summed E-state index contributed by atoms with van der Waals surface area (Å²) < 4.78 is 27.8. The van der Waals surface area contributed by atoms with Gasteiger partial charge >= 0.3 is 0 Å². The highest BCUT2D eigenvalue weighted by Gasteiger charge is 2.17. The highest BCUT2D eigenvalue weighted by atomic mass is 32.1. The molecule has 0 unspecified atom stereocenters. The maximum atomic E-state index is 14.0. The standard InChI is InChI=1S/C14H17F2N3S/c1-3-17-8-4-5-11-18-19-14(20-11)12-10(15)7-6-9(2)13(12)16/h6-7,17H,3-5,8H2,1-2H3. The van der Waals surface area contributed by atoms with Crippen molar-refractivity contribution >= 4 is 11.3 Å². The van der Waals surface area contributed by atoms with Crippen LogP contribution in [0.15, 0.2) is 12.1 Å². The second kappa shape index (κ2) is 6.85. The zero-order chi connectivity index (χ0) is 14.5. The van der Waals surface area contributed by atoms with Crippen LogP contribution in [0.4, 0.5) is 8.78 Å². The summed E-state index contributed by atoms with van der Waals surface area (Å²) in [6.45, 7) is 5.49. The fraction of sp³-hybridized carbons (Fsp3) is 0.429. The molecule has 0 aliphatic rings. The van der Waals surface area contributed by atoms with Gasteiger partial charge in [-0.3, -0.25) is 0 Å². The van der Waals surface area contributed by atoms with E-state index in [1.165, 1.54) is 23.5 Å². The van der Waals surface area contributed by atoms with Gasteiger partial charge in [-0.05, 0) is 38.1 Å². The van der Waals surface area contributed by atoms with Crippen LogP contribution in [0.2, 0.25) is 0 Å². The van der Waals surface area contributed by atoms with Crippen LogP contribution < -0.4 is 5.32 Å². The van der Waals surface area contributed by atoms with Gasteiger partial charge in [-0.15, -0.1) is 10.2 Å². The first-order chi connectivity index (χ1) is 9.63. The molecular formula is C14H17F2N3S. The predicted octanol–water partition coefficient (Wildman–Crippen LogP) is 3.33. The number of rotatable bonds is 6. The molecule has 0 bridgehead atoms. The maximum absolute atomic E-state index is 14.0. The minimum absolute atomic E-state index is 0.0690. The van der Waals surface area contributed by atoms with E-state index < -0.39 is 11.6 Å². The molecule has 1 heterocycles. The lowest BCUT2D eigenvalue weighted by atomic mass is 10.1. The first kappa shape index (κ1) is 15.0. The van der Waals surface area contributed by atoms with Crippen molar-refractivity contribution in [2.24, 2.45) is 0 Å². The third-order valence-electron chi connectivity index (χ3n) is 2.96. The summed E-state index contributed by atoms with van der Waals surface area (Å²) in [6.07, 6.45) is 1.70. The molecule has 2 aromatic rings. The van der Waals surface area contributed by atoms with Crippen LogP contribution >= 0.6 is 11.3 Å². The highest BCUT2D eigenvalue weighted by Crippen LogP contribution is 2.30. The van der Waals surface area contributed by atoms with Crippen LogP contribution in [0.3, 0.4) is 0 Å². The minimum Gasteiger partial charge on any atom is -0.317 e. The molecule has 0 saturated carbocycles. The molecule has 6 heteroatoms. The third kappa shape index (κ3) is 3.37. The molecule has 0 fully saturated rings. The summed E-state index contributed by atoms with van der Waals surface area (Å²) in [6, 6.07) is 2.69. The van der Waals surface area contributed by atoms with Gasteiger partial charge in [0.15, 0.2) is 5.01 Å². The molecule has 1 N–H and O–H groups in total. The van der Waals surface area contributed by atoms with Gasteiger partial charge in [0, 0.05) is 6.42 Å². The minimum atomic E-state index is -0.594. The number of halogens is 2. The Kier molecular flexibility index (Phi) is 5.14. The Bertz CT molecular complexity index is 584. The monoisotopic (exact) mass is 297 g/mol. The molecule has 0 amide bonds. The molecular weight excluding hydrogens is 280 g/mol. The summed E-state index contributed by atoms with van der Waals surface area (Å²) in [5.41, 5.74) is 0.339. The van der Waals surface area contributed by atoms with Crippen molar-refractivity contribution in [2.75, 3.05) is 13.1 Å². The summed E-state index contributed by atoms with van der Waals surface area (Å²) >= 11 is 1.25. The Morgan fingerprint density at radius 3 is 2.80 bits per heavy atom. The van der Waals surface area contributed by atoms with E-state index in [1.807, 2.05) is 6.92 Å². The Morgan fingerprint density at radius 1 is 1.25 bits per heavy atom. The van der Waals surface area contributed by atoms with Crippen molar-refractivity contribution in [3.63, 3.8) is 0 Å². The molecule has 0 aliphatic carbocycles. The number of hydrogen-bond donors (Lipinski definition) is 1. The molecule has 0 spiro atoms. The number of nitrogens with one attached hydrogen (secondary N) is 1. The van der Waals surface area contributed by atoms with Gasteiger partial charge in [0.05, 0.1) is 5.56 Å². The van der Waals surface area contributed by atoms with Crippen LogP contribution in [0.5, 0.6) is 0 Å². The van der Waals surface area contributed by atoms with Crippen LogP contribution in [-0.2, 0) is 6.42 Å². The summed E-state index contributed by atoms with van der Waals surface area (Å²) in [4.78, 5) is 0. The molecule has 0 atom stereocenters. The molecule has 0 saturated heterocycles. The fourth-order valence-electron chi connectivity index (χ4n) is 1.85. The number of nitrogens with zero attached hydrogens (tertiary/aromatic N) is 2. The fourth-order valence-corrected chi connectivity index (χ4v) is 2.77. The number of aryl methyl sites for hydroxylation is 2. The number of aromatic nitrogens is 2. The van der Waals surface area contributed by atoms with Gasteiger partial charge in [0.25, 0.3) is 0 Å². The Labute approximate surface area is 121 Å². The summed E-state index contributed by atoms with van der Waals surface area (Å²) in [5, 5.41) is 12.3. The van der Waals surface area contributed by atoms with E-state index in [0.29, 0.717) is 10.6 Å². The number of hydrogen-bond acceptors (Lipinski definition) is 4. The molecule has 1 aromatic heterocycles. The van der Waals surface area contributed by atoms with Gasteiger partial charge in [-0.1, -0.05) is 24.3 Å². The number of benzene rings is 1. The van der Waals surface area contributed by atoms with Crippen LogP contribution in [0.25, 0.3) is 10.6 Å². The Morgan fingerprint density at radius 2 is 2.05 bits per heavy atom. The van der Waals surface area contributed by atoms with Gasteiger partial charge in [-0.2, -0.15) is 0 Å². The lowest BCUT2D eigenvalue weighted by Crippen LogP contribution is -2.14. The quantitative estimate of drug-likeness (QED) is 0.831. The molecule has 2 rings (SSSR count). The smallest absolute Gasteiger partial charge is 0.153 e. The van der Waals surface area contributed by atoms with Crippen molar-refractivity contribution in [2.45, 2.75) is 26.7 Å². The van der Waals surface area contributed by atoms with Gasteiger partial charge in [-0.25, -0.2) is 8.78 Å². The van der Waals surface area contributed by atoms with Crippen LogP contribution in [0.1, 0.15) is 23.9 Å². The maximum Gasteiger partial charge on any atom is 0.153 e. The van der Waals surface area contributed by atoms with E-state index in [1.54, 1.807) is 6.92 Å². The largest absolute Gasteiger partial charge is 0.317 e. The van der Waals surface area contributed by atoms with E-state index in [2.05, 4.69) is 15.5 Å². The Hall–Kier alpha value is -1.40. The van der Waals surface area contributed by atoms with Crippen molar-refractivity contribution in [1.29, 1.82) is 0 Å². The molecule has 20 heavy (non-hydrogen) atoms. The van der Waals surface area contributed by atoms with Crippen molar-refractivity contribution in [3.8, 4) is 10.6 Å². The second-order valence-corrected chi connectivity index (χ2v) is 5.57. The van der Waals surface area contributed by atoms with Gasteiger partial charge in [0.2, 0.25) is 0 Å². The first-order valence-corrected chi connectivity index (χ1v) is 7.43. The van der Waals surface area contributed by atoms with E-state index in [4.69, 9.17) is 0 Å². The zero-order valence-corrected chi connectivity index (χ0v) is 12.4. The molecule has 0 radical (unpaired) electrons. The van der Waals surface area contributed by atoms with Crippen molar-refractivity contribution in [3.05, 3.63) is 34.3 Å². The topological polar surface area (TPSA) is 37.8 Å². The van der Waals surface area contributed by atoms with E-state index >= 15 is 0 Å². The average Bonchev–Trinajstić information content (AvgIpc) is 2.88. The third-order valence-corrected chi connectivity index (χ3v) is 3.96. The Balaban J connectivity index is 2.15. The molecule has 1 aromatic carbocycles. The lowest BCUT2D eigenvalue weighted by Gasteiger charge is -2.03. The van der Waals surface area contributed by atoms with Crippen molar-refractivity contribution in [1.82, 2.24) is 15.5 Å². The highest BCUT2D eigenvalue weighted by molar-refractivity contribution is 7.14. The normalized spacial score (nSPS) is 11.0. The van der Waals surface area contributed by atoms with Crippen LogP contribution in [-0.4, -0.2) is 23.3 Å². The van der Waals surface area contributed by atoms with Gasteiger partial charge < -0.3 is 5.32 Å². The molecule has 3 nitrogen and oxygen atoms in total. The van der Waals surface area contributed by atoms with E-state index in [0.717, 1.165) is 30.9 Å². The second-order valence-electron chi connectivity index (χ2n) is 4.51. The molecule has 108 valence electrons. The van der Waals surface area contributed by atoms with Gasteiger partial charge in [0.1, 0.15) is 16.6 Å². The van der Waals surface area contributed by atoms with Crippen LogP contribution in [0, 0.1) is 18.6 Å². The summed E-state index contributed by atoms with van der Waals surface area (Å²) in [5.74, 6) is -1.15. The van der Waals surface area contributed by atoms with Crippen molar-refractivity contribution < 1.29 is 8.78 Å². The first-order valence-electron chi connectivity index (χ1n) is 6.61. The average molecular weight is 297 g/mol. The predicted molar refractivity (Wildman–Crippen MR) is 76.9 cm³/mol.